The molecule has 1 aliphatic rings. The van der Waals surface area contributed by atoms with E-state index >= 15 is 0 Å². The topological polar surface area (TPSA) is 49.8 Å². The zero-order valence-corrected chi connectivity index (χ0v) is 8.54. The average Bonchev–Trinajstić information content (AvgIpc) is 2.31. The number of carbonyl (C=O) groups excluding carboxylic acids is 1. The third-order valence-corrected chi connectivity index (χ3v) is 2.25. The maximum Gasteiger partial charge on any atom is 0.363 e. The van der Waals surface area contributed by atoms with E-state index in [1.807, 2.05) is 30.3 Å². The van der Waals surface area contributed by atoms with Crippen LogP contribution in [0, 0.1) is 0 Å². The van der Waals surface area contributed by atoms with E-state index in [0.29, 0.717) is 6.54 Å². The molecule has 0 radical (unpaired) electrons. The van der Waals surface area contributed by atoms with E-state index in [-0.39, 0.29) is 5.70 Å². The van der Waals surface area contributed by atoms with Crippen molar-refractivity contribution in [3.8, 4) is 0 Å². The van der Waals surface area contributed by atoms with Gasteiger partial charge in [0.2, 0.25) is 0 Å². The Morgan fingerprint density at radius 2 is 2.06 bits per heavy atom. The van der Waals surface area contributed by atoms with Crippen LogP contribution in [0.2, 0.25) is 0 Å². The van der Waals surface area contributed by atoms with Crippen molar-refractivity contribution in [3.05, 3.63) is 60.3 Å². The lowest BCUT2D eigenvalue weighted by Gasteiger charge is -2.23. The molecule has 4 heteroatoms. The zero-order chi connectivity index (χ0) is 11.4. The van der Waals surface area contributed by atoms with E-state index in [9.17, 15) is 4.79 Å². The smallest absolute Gasteiger partial charge is 0.363 e. The monoisotopic (exact) mass is 217 g/mol. The van der Waals surface area contributed by atoms with Gasteiger partial charge in [-0.05, 0) is 5.56 Å². The maximum absolute atomic E-state index is 11.3. The quantitative estimate of drug-likeness (QED) is 0.467. The van der Waals surface area contributed by atoms with Gasteiger partial charge in [0.1, 0.15) is 12.5 Å². The first kappa shape index (κ1) is 10.3. The number of hydrogen-bond donors (Lipinski definition) is 1. The van der Waals surface area contributed by atoms with Gasteiger partial charge in [0, 0.05) is 12.7 Å². The van der Waals surface area contributed by atoms with Gasteiger partial charge in [0.05, 0.1) is 0 Å². The van der Waals surface area contributed by atoms with Crippen LogP contribution in [0.5, 0.6) is 0 Å². The molecule has 1 aromatic carbocycles. The molecule has 0 aromatic heterocycles. The van der Waals surface area contributed by atoms with Crippen LogP contribution in [0.3, 0.4) is 0 Å². The third kappa shape index (κ3) is 2.06. The highest BCUT2D eigenvalue weighted by Gasteiger charge is 2.21. The number of hydrogen-bond acceptors (Lipinski definition) is 4. The Balaban J connectivity index is 2.18. The van der Waals surface area contributed by atoms with Crippen LogP contribution in [0.25, 0.3) is 0 Å². The second kappa shape index (κ2) is 4.53. The van der Waals surface area contributed by atoms with Crippen molar-refractivity contribution >= 4 is 5.97 Å². The number of ether oxygens (including phenoxy) is 1. The molecule has 0 unspecified atom stereocenters. The van der Waals surface area contributed by atoms with Gasteiger partial charge >= 0.3 is 5.97 Å². The number of cyclic esters (lactones) is 1. The highest BCUT2D eigenvalue weighted by Crippen LogP contribution is 2.16. The molecule has 1 aliphatic heterocycles. The van der Waals surface area contributed by atoms with Crippen molar-refractivity contribution in [3.63, 3.8) is 0 Å². The first-order valence-corrected chi connectivity index (χ1v) is 4.84. The molecule has 1 N–H and O–H groups in total. The van der Waals surface area contributed by atoms with Crippen LogP contribution in [0.15, 0.2) is 54.8 Å². The van der Waals surface area contributed by atoms with E-state index in [2.05, 4.69) is 4.74 Å². The van der Waals surface area contributed by atoms with E-state index in [1.54, 1.807) is 11.1 Å². The lowest BCUT2D eigenvalue weighted by atomic mass is 10.2. The van der Waals surface area contributed by atoms with Gasteiger partial charge in [-0.2, -0.15) is 0 Å². The van der Waals surface area contributed by atoms with Crippen LogP contribution in [0.4, 0.5) is 0 Å². The van der Waals surface area contributed by atoms with Crippen molar-refractivity contribution in [2.45, 2.75) is 6.54 Å². The second-order valence-electron chi connectivity index (χ2n) is 3.32. The number of benzene rings is 1. The summed E-state index contributed by atoms with van der Waals surface area (Å²) in [7, 11) is 0. The molecule has 16 heavy (non-hydrogen) atoms. The number of aliphatic hydroxyl groups is 1. The van der Waals surface area contributed by atoms with Gasteiger partial charge in [-0.3, -0.25) is 0 Å². The number of nitrogens with zero attached hydrogens (tertiary/aromatic N) is 1. The molecule has 0 spiro atoms. The highest BCUT2D eigenvalue weighted by atomic mass is 16.5. The van der Waals surface area contributed by atoms with Gasteiger partial charge in [-0.25, -0.2) is 4.79 Å². The summed E-state index contributed by atoms with van der Waals surface area (Å²) in [5, 5.41) is 8.97. The first-order chi connectivity index (χ1) is 7.81. The minimum atomic E-state index is -0.555. The fourth-order valence-electron chi connectivity index (χ4n) is 1.47. The van der Waals surface area contributed by atoms with Gasteiger partial charge in [-0.1, -0.05) is 30.3 Å². The molecule has 0 atom stereocenters. The summed E-state index contributed by atoms with van der Waals surface area (Å²) in [5.41, 5.74) is 1.17. The Morgan fingerprint density at radius 1 is 1.31 bits per heavy atom. The van der Waals surface area contributed by atoms with Gasteiger partial charge in [0.15, 0.2) is 5.70 Å². The summed E-state index contributed by atoms with van der Waals surface area (Å²) in [6.07, 6.45) is 3.67. The summed E-state index contributed by atoms with van der Waals surface area (Å²) in [5.74, 6) is -0.555. The molecule has 0 saturated heterocycles. The lowest BCUT2D eigenvalue weighted by molar-refractivity contribution is -0.136. The van der Waals surface area contributed by atoms with E-state index in [1.165, 1.54) is 6.26 Å². The Labute approximate surface area is 93.1 Å². The van der Waals surface area contributed by atoms with Crippen LogP contribution in [-0.2, 0) is 16.1 Å². The fraction of sp³-hybridized carbons (Fsp3) is 0.0833. The minimum Gasteiger partial charge on any atom is -0.513 e. The Hall–Kier alpha value is -2.23. The molecule has 2 rings (SSSR count). The number of rotatable bonds is 2. The SMILES string of the molecule is O=C1OC=CN(Cc2ccccc2)C1=CO. The van der Waals surface area contributed by atoms with Crippen molar-refractivity contribution in [1.29, 1.82) is 0 Å². The molecule has 1 aromatic rings. The number of aliphatic hydroxyl groups excluding tert-OH is 1. The Kier molecular flexibility index (Phi) is 2.91. The first-order valence-electron chi connectivity index (χ1n) is 4.84. The van der Waals surface area contributed by atoms with Crippen molar-refractivity contribution in [2.24, 2.45) is 0 Å². The molecular weight excluding hydrogens is 206 g/mol. The van der Waals surface area contributed by atoms with Crippen molar-refractivity contribution in [2.75, 3.05) is 0 Å². The standard InChI is InChI=1S/C12H11NO3/c14-9-11-12(15)16-7-6-13(11)8-10-4-2-1-3-5-10/h1-7,9,14H,8H2. The van der Waals surface area contributed by atoms with Crippen LogP contribution < -0.4 is 0 Å². The summed E-state index contributed by atoms with van der Waals surface area (Å²) in [4.78, 5) is 12.9. The zero-order valence-electron chi connectivity index (χ0n) is 8.54. The molecule has 1 heterocycles. The van der Waals surface area contributed by atoms with Gasteiger partial charge < -0.3 is 14.7 Å². The van der Waals surface area contributed by atoms with Crippen LogP contribution in [0.1, 0.15) is 5.56 Å². The largest absolute Gasteiger partial charge is 0.513 e. The summed E-state index contributed by atoms with van der Waals surface area (Å²) >= 11 is 0. The Bertz CT molecular complexity index is 437. The predicted molar refractivity (Wildman–Crippen MR) is 57.9 cm³/mol. The molecule has 82 valence electrons. The fourth-order valence-corrected chi connectivity index (χ4v) is 1.47. The van der Waals surface area contributed by atoms with Gasteiger partial charge in [-0.15, -0.1) is 0 Å². The van der Waals surface area contributed by atoms with E-state index in [4.69, 9.17) is 5.11 Å². The normalized spacial score (nSPS) is 17.6. The number of carbonyl (C=O) groups is 1. The molecule has 0 saturated carbocycles. The maximum atomic E-state index is 11.3. The molecular formula is C12H11NO3. The molecule has 0 fully saturated rings. The summed E-state index contributed by atoms with van der Waals surface area (Å²) < 4.78 is 4.66. The van der Waals surface area contributed by atoms with E-state index < -0.39 is 5.97 Å². The minimum absolute atomic E-state index is 0.131. The second-order valence-corrected chi connectivity index (χ2v) is 3.32. The number of esters is 1. The van der Waals surface area contributed by atoms with Crippen molar-refractivity contribution < 1.29 is 14.6 Å². The van der Waals surface area contributed by atoms with Crippen LogP contribution in [-0.4, -0.2) is 16.0 Å². The van der Waals surface area contributed by atoms with Gasteiger partial charge in [0.25, 0.3) is 0 Å². The third-order valence-electron chi connectivity index (χ3n) is 2.25. The summed E-state index contributed by atoms with van der Waals surface area (Å²) in [6, 6.07) is 9.66. The lowest BCUT2D eigenvalue weighted by Crippen LogP contribution is -2.26. The summed E-state index contributed by atoms with van der Waals surface area (Å²) in [6.45, 7) is 0.513. The Morgan fingerprint density at radius 3 is 2.75 bits per heavy atom. The average molecular weight is 217 g/mol. The molecule has 4 nitrogen and oxygen atoms in total. The predicted octanol–water partition coefficient (Wildman–Crippen LogP) is 1.92. The van der Waals surface area contributed by atoms with E-state index in [0.717, 1.165) is 11.8 Å². The van der Waals surface area contributed by atoms with Crippen LogP contribution >= 0.6 is 0 Å². The molecule has 0 bridgehead atoms. The highest BCUT2D eigenvalue weighted by molar-refractivity contribution is 5.88. The molecule has 0 amide bonds. The molecule has 0 aliphatic carbocycles. The van der Waals surface area contributed by atoms with Crippen molar-refractivity contribution in [1.82, 2.24) is 4.90 Å².